The molecule has 2 fully saturated rings. The number of halogens is 1. The summed E-state index contributed by atoms with van der Waals surface area (Å²) in [6.45, 7) is 0.767. The molecular weight excluding hydrogens is 552 g/mol. The molecular formula is C34H31ClN2O5. The van der Waals surface area contributed by atoms with Crippen molar-refractivity contribution in [2.24, 2.45) is 0 Å². The first-order chi connectivity index (χ1) is 20.2. The van der Waals surface area contributed by atoms with Crippen LogP contribution in [0.2, 0.25) is 5.02 Å². The van der Waals surface area contributed by atoms with Crippen molar-refractivity contribution in [1.29, 1.82) is 0 Å². The van der Waals surface area contributed by atoms with Crippen molar-refractivity contribution in [3.63, 3.8) is 0 Å². The molecule has 1 aliphatic carbocycles. The van der Waals surface area contributed by atoms with Crippen LogP contribution in [0.1, 0.15) is 29.0 Å². The van der Waals surface area contributed by atoms with E-state index in [1.54, 1.807) is 18.2 Å². The zero-order chi connectivity index (χ0) is 29.2. The Hall–Kier alpha value is -4.04. The van der Waals surface area contributed by atoms with Crippen molar-refractivity contribution in [3.05, 3.63) is 136 Å². The number of carbonyl (C=O) groups is 1. The van der Waals surface area contributed by atoms with Crippen LogP contribution in [0.3, 0.4) is 0 Å². The number of nitrogens with zero attached hydrogens (tertiary/aromatic N) is 2. The fourth-order valence-corrected chi connectivity index (χ4v) is 7.74. The van der Waals surface area contributed by atoms with E-state index < -0.39 is 22.9 Å². The van der Waals surface area contributed by atoms with Gasteiger partial charge in [0, 0.05) is 42.4 Å². The third-order valence-corrected chi connectivity index (χ3v) is 9.81. The minimum Gasteiger partial charge on any atom is -0.508 e. The molecule has 0 spiro atoms. The average molecular weight is 583 g/mol. The fraction of sp³-hybridized carbons (Fsp3) is 0.265. The molecule has 0 aromatic heterocycles. The van der Waals surface area contributed by atoms with Gasteiger partial charge in [0.1, 0.15) is 11.4 Å². The number of fused-ring (bicyclic) bond motifs is 1. The highest BCUT2D eigenvalue weighted by Gasteiger charge is 2.69. The van der Waals surface area contributed by atoms with Crippen LogP contribution in [0.15, 0.2) is 114 Å². The lowest BCUT2D eigenvalue weighted by atomic mass is 9.74. The number of aliphatic hydroxyl groups excluding tert-OH is 2. The Labute approximate surface area is 248 Å². The molecule has 3 aromatic carbocycles. The van der Waals surface area contributed by atoms with Crippen LogP contribution >= 0.6 is 11.6 Å². The zero-order valence-electron chi connectivity index (χ0n) is 22.8. The molecule has 42 heavy (non-hydrogen) atoms. The predicted molar refractivity (Wildman–Crippen MR) is 159 cm³/mol. The molecule has 2 bridgehead atoms. The van der Waals surface area contributed by atoms with E-state index in [-0.39, 0.29) is 42.2 Å². The molecule has 3 aliphatic heterocycles. The van der Waals surface area contributed by atoms with Crippen molar-refractivity contribution in [2.75, 3.05) is 13.1 Å². The Morgan fingerprint density at radius 1 is 0.857 bits per heavy atom. The maximum Gasteiger partial charge on any atom is 0.240 e. The topological polar surface area (TPSA) is 104 Å². The van der Waals surface area contributed by atoms with Crippen LogP contribution < -0.4 is 0 Å². The van der Waals surface area contributed by atoms with E-state index in [2.05, 4.69) is 24.3 Å². The normalized spacial score (nSPS) is 30.8. The summed E-state index contributed by atoms with van der Waals surface area (Å²) in [5.41, 5.74) is 0.401. The average Bonchev–Trinajstić information content (AvgIpc) is 3.42. The maximum absolute atomic E-state index is 14.3. The molecule has 8 heteroatoms. The number of phenols is 1. The number of phenolic OH excluding ortho intramolecular Hbond substituents is 1. The summed E-state index contributed by atoms with van der Waals surface area (Å²) in [6, 6.07) is 24.0. The molecule has 0 radical (unpaired) electrons. The lowest BCUT2D eigenvalue weighted by Gasteiger charge is -2.47. The molecule has 4 N–H and O–H groups in total. The summed E-state index contributed by atoms with van der Waals surface area (Å²) in [7, 11) is 0. The number of piperazine rings is 1. The van der Waals surface area contributed by atoms with Gasteiger partial charge in [-0.1, -0.05) is 84.4 Å². The smallest absolute Gasteiger partial charge is 0.240 e. The van der Waals surface area contributed by atoms with Gasteiger partial charge in [0.2, 0.25) is 5.91 Å². The molecule has 3 aromatic rings. The Morgan fingerprint density at radius 3 is 2.17 bits per heavy atom. The molecule has 7 rings (SSSR count). The molecule has 2 unspecified atom stereocenters. The van der Waals surface area contributed by atoms with Crippen LogP contribution in [0, 0.1) is 0 Å². The summed E-state index contributed by atoms with van der Waals surface area (Å²) in [4.78, 5) is 18.2. The summed E-state index contributed by atoms with van der Waals surface area (Å²) in [5, 5.41) is 44.9. The van der Waals surface area contributed by atoms with Crippen molar-refractivity contribution in [3.8, 4) is 5.75 Å². The van der Waals surface area contributed by atoms with Crippen molar-refractivity contribution in [2.45, 2.75) is 42.0 Å². The van der Waals surface area contributed by atoms with Crippen molar-refractivity contribution < 1.29 is 25.2 Å². The van der Waals surface area contributed by atoms with E-state index in [1.807, 2.05) is 52.3 Å². The highest BCUT2D eigenvalue weighted by molar-refractivity contribution is 6.31. The second-order valence-corrected chi connectivity index (χ2v) is 12.1. The number of aliphatic hydroxyl groups is 3. The number of hydrogen-bond donors (Lipinski definition) is 4. The number of benzene rings is 3. The van der Waals surface area contributed by atoms with Crippen LogP contribution in [-0.2, 0) is 11.2 Å². The van der Waals surface area contributed by atoms with Crippen molar-refractivity contribution in [1.82, 2.24) is 9.80 Å². The molecule has 1 amide bonds. The third kappa shape index (κ3) is 3.99. The lowest BCUT2D eigenvalue weighted by Crippen LogP contribution is -2.65. The Balaban J connectivity index is 1.32. The van der Waals surface area contributed by atoms with E-state index in [0.29, 0.717) is 29.2 Å². The molecule has 4 aliphatic rings. The standard InChI is InChI=1S/C34H31ClN2O5/c35-26-12-7-13-29(38)24(26)16-33-15-23-14-30(39)31(40)18-34(33,42)17-27-32(41)36(20-28(23)37(27)33)19-25(21-8-3-1-4-9-21)22-10-5-2-6-11-22/h1-15,18,25,27-28,38-40,42H,16-17,19-20H2/b30-14+,31-18+/t27-,28-,33?,34?/m0/s1. The van der Waals surface area contributed by atoms with E-state index >= 15 is 0 Å². The van der Waals surface area contributed by atoms with Gasteiger partial charge in [0.15, 0.2) is 11.5 Å². The molecule has 7 nitrogen and oxygen atoms in total. The highest BCUT2D eigenvalue weighted by atomic mass is 35.5. The first-order valence-electron chi connectivity index (χ1n) is 14.1. The third-order valence-electron chi connectivity index (χ3n) is 9.46. The first kappa shape index (κ1) is 26.8. The largest absolute Gasteiger partial charge is 0.508 e. The predicted octanol–water partition coefficient (Wildman–Crippen LogP) is 5.01. The van der Waals surface area contributed by atoms with E-state index in [4.69, 9.17) is 11.6 Å². The lowest BCUT2D eigenvalue weighted by molar-refractivity contribution is -0.144. The molecule has 214 valence electrons. The van der Waals surface area contributed by atoms with Crippen LogP contribution in [0.4, 0.5) is 0 Å². The van der Waals surface area contributed by atoms with E-state index in [9.17, 15) is 25.2 Å². The van der Waals surface area contributed by atoms with Gasteiger partial charge in [-0.05, 0) is 41.0 Å². The molecule has 3 heterocycles. The zero-order valence-corrected chi connectivity index (χ0v) is 23.5. The summed E-state index contributed by atoms with van der Waals surface area (Å²) >= 11 is 6.54. The quantitative estimate of drug-likeness (QED) is 0.326. The fourth-order valence-electron chi connectivity index (χ4n) is 7.51. The van der Waals surface area contributed by atoms with Gasteiger partial charge in [-0.2, -0.15) is 0 Å². The number of aromatic hydroxyl groups is 1. The van der Waals surface area contributed by atoms with E-state index in [0.717, 1.165) is 11.1 Å². The minimum atomic E-state index is -1.74. The number of hydrogen-bond acceptors (Lipinski definition) is 6. The maximum atomic E-state index is 14.3. The molecule has 2 saturated heterocycles. The van der Waals surface area contributed by atoms with Gasteiger partial charge in [-0.15, -0.1) is 0 Å². The van der Waals surface area contributed by atoms with Gasteiger partial charge < -0.3 is 25.3 Å². The Morgan fingerprint density at radius 2 is 1.52 bits per heavy atom. The number of carbonyl (C=O) groups excluding carboxylic acids is 1. The van der Waals surface area contributed by atoms with Gasteiger partial charge in [0.25, 0.3) is 0 Å². The summed E-state index contributed by atoms with van der Waals surface area (Å²) in [6.07, 6.45) is 4.76. The SMILES string of the molecule is O=C1[C@@H]2CC3(O)/C=C(O)\C(O)=C/C4=CC3(Cc3c(O)cccc3Cl)N2[C@H]4CN1CC(c1ccccc1)c1ccccc1. The number of amides is 1. The van der Waals surface area contributed by atoms with Gasteiger partial charge >= 0.3 is 0 Å². The van der Waals surface area contributed by atoms with Crippen molar-refractivity contribution >= 4 is 17.5 Å². The Bertz CT molecular complexity index is 1600. The molecule has 4 atom stereocenters. The Kier molecular flexibility index (Phi) is 6.24. The van der Waals surface area contributed by atoms with Gasteiger partial charge in [0.05, 0.1) is 17.6 Å². The second kappa shape index (κ2) is 9.76. The highest BCUT2D eigenvalue weighted by Crippen LogP contribution is 2.56. The minimum absolute atomic E-state index is 0.00646. The number of rotatable bonds is 6. The van der Waals surface area contributed by atoms with Gasteiger partial charge in [-0.25, -0.2) is 0 Å². The summed E-state index contributed by atoms with van der Waals surface area (Å²) in [5.74, 6) is -0.978. The van der Waals surface area contributed by atoms with Crippen LogP contribution in [0.25, 0.3) is 0 Å². The van der Waals surface area contributed by atoms with E-state index in [1.165, 1.54) is 12.2 Å². The monoisotopic (exact) mass is 582 g/mol. The van der Waals surface area contributed by atoms with Gasteiger partial charge in [-0.3, -0.25) is 9.69 Å². The summed E-state index contributed by atoms with van der Waals surface area (Å²) < 4.78 is 0. The van der Waals surface area contributed by atoms with Crippen LogP contribution in [-0.4, -0.2) is 72.4 Å². The van der Waals surface area contributed by atoms with Crippen LogP contribution in [0.5, 0.6) is 5.75 Å². The second-order valence-electron chi connectivity index (χ2n) is 11.7. The first-order valence-corrected chi connectivity index (χ1v) is 14.5. The molecule has 0 saturated carbocycles.